The fourth-order valence-corrected chi connectivity index (χ4v) is 4.40. The number of likely N-dealkylation sites (N-methyl/N-ethyl adjacent to an activating group) is 1. The van der Waals surface area contributed by atoms with Gasteiger partial charge in [-0.05, 0) is 74.8 Å². The molecule has 0 amide bonds. The minimum absolute atomic E-state index is 0.418. The zero-order valence-corrected chi connectivity index (χ0v) is 20.6. The number of carboxylic acids is 1. The van der Waals surface area contributed by atoms with Crippen molar-refractivity contribution >= 4 is 17.7 Å². The number of hydrogen-bond acceptors (Lipinski definition) is 5. The summed E-state index contributed by atoms with van der Waals surface area (Å²) in [7, 11) is 0. The van der Waals surface area contributed by atoms with Gasteiger partial charge in [0.05, 0.1) is 6.61 Å². The minimum Gasteiger partial charge on any atom is -0.494 e. The van der Waals surface area contributed by atoms with Gasteiger partial charge in [0, 0.05) is 11.4 Å². The number of benzene rings is 2. The zero-order valence-electron chi connectivity index (χ0n) is 19.8. The van der Waals surface area contributed by atoms with Crippen molar-refractivity contribution in [3.63, 3.8) is 0 Å². The molecular weight excluding hydrogens is 422 g/mol. The van der Waals surface area contributed by atoms with Crippen LogP contribution in [0.1, 0.15) is 46.1 Å². The SMILES string of the molecule is CCCCOc1ccc(SC(C)(Cc2ccc(OCCN(CC)CC)cc2)C(=O)O)cc1. The van der Waals surface area contributed by atoms with Gasteiger partial charge in [0.1, 0.15) is 22.9 Å². The second-order valence-corrected chi connectivity index (χ2v) is 9.58. The van der Waals surface area contributed by atoms with Gasteiger partial charge >= 0.3 is 5.97 Å². The third-order valence-corrected chi connectivity index (χ3v) is 6.70. The summed E-state index contributed by atoms with van der Waals surface area (Å²) in [5.74, 6) is 0.797. The Bertz CT molecular complexity index is 806. The molecule has 0 aliphatic carbocycles. The highest BCUT2D eigenvalue weighted by Crippen LogP contribution is 2.37. The van der Waals surface area contributed by atoms with Gasteiger partial charge in [0.15, 0.2) is 0 Å². The molecular formula is C26H37NO4S. The van der Waals surface area contributed by atoms with E-state index >= 15 is 0 Å². The average Bonchev–Trinajstić information content (AvgIpc) is 2.79. The lowest BCUT2D eigenvalue weighted by Gasteiger charge is -2.24. The Hall–Kier alpha value is -2.18. The highest BCUT2D eigenvalue weighted by Gasteiger charge is 2.34. The number of ether oxygens (including phenoxy) is 2. The molecule has 1 unspecified atom stereocenters. The van der Waals surface area contributed by atoms with Gasteiger partial charge in [-0.2, -0.15) is 0 Å². The molecule has 0 spiro atoms. The van der Waals surface area contributed by atoms with Crippen LogP contribution >= 0.6 is 11.8 Å². The summed E-state index contributed by atoms with van der Waals surface area (Å²) < 4.78 is 10.6. The lowest BCUT2D eigenvalue weighted by atomic mass is 10.0. The Morgan fingerprint density at radius 1 is 0.938 bits per heavy atom. The standard InChI is InChI=1S/C26H37NO4S/c1-5-8-18-30-23-13-15-24(16-14-23)32-26(4,25(28)29)20-21-9-11-22(12-10-21)31-19-17-27(6-2)7-3/h9-16H,5-8,17-20H2,1-4H3,(H,28,29). The van der Waals surface area contributed by atoms with Gasteiger partial charge in [-0.25, -0.2) is 0 Å². The third-order valence-electron chi connectivity index (χ3n) is 5.42. The fraction of sp³-hybridized carbons (Fsp3) is 0.500. The number of carbonyl (C=O) groups is 1. The first kappa shape index (κ1) is 26.1. The normalized spacial score (nSPS) is 13.0. The lowest BCUT2D eigenvalue weighted by Crippen LogP contribution is -2.33. The predicted octanol–water partition coefficient (Wildman–Crippen LogP) is 5.76. The molecule has 2 aromatic carbocycles. The van der Waals surface area contributed by atoms with Gasteiger partial charge in [0.2, 0.25) is 0 Å². The second kappa shape index (κ2) is 13.4. The Morgan fingerprint density at radius 2 is 1.50 bits per heavy atom. The van der Waals surface area contributed by atoms with E-state index in [2.05, 4.69) is 25.7 Å². The molecule has 0 bridgehead atoms. The summed E-state index contributed by atoms with van der Waals surface area (Å²) in [6.45, 7) is 12.5. The molecule has 0 aliphatic rings. The van der Waals surface area contributed by atoms with Crippen molar-refractivity contribution in [2.45, 2.75) is 56.6 Å². The number of nitrogens with zero attached hydrogens (tertiary/aromatic N) is 1. The van der Waals surface area contributed by atoms with E-state index in [9.17, 15) is 9.90 Å². The maximum atomic E-state index is 12.1. The van der Waals surface area contributed by atoms with Crippen LogP contribution in [0, 0.1) is 0 Å². The van der Waals surface area contributed by atoms with Gasteiger partial charge in [-0.3, -0.25) is 4.79 Å². The van der Waals surface area contributed by atoms with Crippen LogP contribution < -0.4 is 9.47 Å². The summed E-state index contributed by atoms with van der Waals surface area (Å²) in [5.41, 5.74) is 0.970. The Labute approximate surface area is 197 Å². The molecule has 0 aromatic heterocycles. The monoisotopic (exact) mass is 459 g/mol. The number of unbranched alkanes of at least 4 members (excludes halogenated alkanes) is 1. The van der Waals surface area contributed by atoms with Crippen LogP contribution in [-0.4, -0.2) is 53.6 Å². The third kappa shape index (κ3) is 8.40. The molecule has 176 valence electrons. The first-order chi connectivity index (χ1) is 15.4. The van der Waals surface area contributed by atoms with Crippen molar-refractivity contribution < 1.29 is 19.4 Å². The van der Waals surface area contributed by atoms with E-state index < -0.39 is 10.7 Å². The molecule has 6 heteroatoms. The predicted molar refractivity (Wildman–Crippen MR) is 132 cm³/mol. The molecule has 5 nitrogen and oxygen atoms in total. The maximum absolute atomic E-state index is 12.1. The second-order valence-electron chi connectivity index (χ2n) is 8.01. The number of thioether (sulfide) groups is 1. The van der Waals surface area contributed by atoms with Crippen molar-refractivity contribution in [2.24, 2.45) is 0 Å². The van der Waals surface area contributed by atoms with Crippen LogP contribution in [0.5, 0.6) is 11.5 Å². The van der Waals surface area contributed by atoms with Crippen LogP contribution in [0.2, 0.25) is 0 Å². The zero-order chi connectivity index (χ0) is 23.4. The summed E-state index contributed by atoms with van der Waals surface area (Å²) in [5, 5.41) is 9.95. The molecule has 1 N–H and O–H groups in total. The fourth-order valence-electron chi connectivity index (χ4n) is 3.28. The highest BCUT2D eigenvalue weighted by molar-refractivity contribution is 8.01. The number of aliphatic carboxylic acids is 1. The van der Waals surface area contributed by atoms with Crippen LogP contribution in [0.4, 0.5) is 0 Å². The molecule has 0 saturated carbocycles. The number of rotatable bonds is 15. The van der Waals surface area contributed by atoms with Crippen molar-refractivity contribution in [3.8, 4) is 11.5 Å². The largest absolute Gasteiger partial charge is 0.494 e. The van der Waals surface area contributed by atoms with Crippen molar-refractivity contribution in [3.05, 3.63) is 54.1 Å². The topological polar surface area (TPSA) is 59.0 Å². The van der Waals surface area contributed by atoms with E-state index in [0.29, 0.717) is 19.6 Å². The molecule has 2 aromatic rings. The first-order valence-electron chi connectivity index (χ1n) is 11.5. The molecule has 1 atom stereocenters. The molecule has 0 heterocycles. The highest BCUT2D eigenvalue weighted by atomic mass is 32.2. The van der Waals surface area contributed by atoms with Crippen LogP contribution in [0.3, 0.4) is 0 Å². The number of hydrogen-bond donors (Lipinski definition) is 1. The van der Waals surface area contributed by atoms with E-state index in [4.69, 9.17) is 9.47 Å². The quantitative estimate of drug-likeness (QED) is 0.270. The summed E-state index contributed by atoms with van der Waals surface area (Å²) in [6, 6.07) is 15.4. The van der Waals surface area contributed by atoms with Crippen LogP contribution in [0.25, 0.3) is 0 Å². The van der Waals surface area contributed by atoms with Crippen LogP contribution in [-0.2, 0) is 11.2 Å². The summed E-state index contributed by atoms with van der Waals surface area (Å²) in [4.78, 5) is 15.3. The molecule has 0 fully saturated rings. The van der Waals surface area contributed by atoms with Crippen molar-refractivity contribution in [2.75, 3.05) is 32.8 Å². The Kier molecular flexibility index (Phi) is 10.9. The minimum atomic E-state index is -0.976. The molecule has 0 radical (unpaired) electrons. The Balaban J connectivity index is 1.96. The molecule has 0 saturated heterocycles. The lowest BCUT2D eigenvalue weighted by molar-refractivity contribution is -0.139. The maximum Gasteiger partial charge on any atom is 0.320 e. The molecule has 32 heavy (non-hydrogen) atoms. The summed E-state index contributed by atoms with van der Waals surface area (Å²) in [6.07, 6.45) is 2.53. The van der Waals surface area contributed by atoms with Crippen molar-refractivity contribution in [1.82, 2.24) is 4.90 Å². The van der Waals surface area contributed by atoms with Gasteiger partial charge in [-0.15, -0.1) is 11.8 Å². The molecule has 0 aliphatic heterocycles. The number of carboxylic acid groups (broad SMARTS) is 1. The van der Waals surface area contributed by atoms with E-state index in [1.54, 1.807) is 6.92 Å². The smallest absolute Gasteiger partial charge is 0.320 e. The van der Waals surface area contributed by atoms with Gasteiger partial charge < -0.3 is 19.5 Å². The van der Waals surface area contributed by atoms with E-state index in [1.165, 1.54) is 11.8 Å². The van der Waals surface area contributed by atoms with Gasteiger partial charge in [0.25, 0.3) is 0 Å². The van der Waals surface area contributed by atoms with Gasteiger partial charge in [-0.1, -0.05) is 39.3 Å². The average molecular weight is 460 g/mol. The van der Waals surface area contributed by atoms with Crippen LogP contribution in [0.15, 0.2) is 53.4 Å². The molecule has 2 rings (SSSR count). The van der Waals surface area contributed by atoms with E-state index in [0.717, 1.165) is 54.4 Å². The summed E-state index contributed by atoms with van der Waals surface area (Å²) >= 11 is 1.37. The van der Waals surface area contributed by atoms with E-state index in [1.807, 2.05) is 48.5 Å². The van der Waals surface area contributed by atoms with Crippen molar-refractivity contribution in [1.29, 1.82) is 0 Å². The Morgan fingerprint density at radius 3 is 2.03 bits per heavy atom. The first-order valence-corrected chi connectivity index (χ1v) is 12.3. The van der Waals surface area contributed by atoms with E-state index in [-0.39, 0.29) is 0 Å².